The molecule has 2 amide bonds. The van der Waals surface area contributed by atoms with Gasteiger partial charge in [-0.2, -0.15) is 0 Å². The molecule has 0 aliphatic carbocycles. The fourth-order valence-electron chi connectivity index (χ4n) is 1.98. The van der Waals surface area contributed by atoms with Crippen molar-refractivity contribution in [3.8, 4) is 0 Å². The van der Waals surface area contributed by atoms with E-state index in [1.54, 1.807) is 30.9 Å². The Bertz CT molecular complexity index is 486. The van der Waals surface area contributed by atoms with Crippen LogP contribution in [0.1, 0.15) is 39.7 Å². The number of carbonyl (C=O) groups excluding carboxylic acids is 2. The second-order valence-electron chi connectivity index (χ2n) is 5.34. The van der Waals surface area contributed by atoms with Gasteiger partial charge in [0.1, 0.15) is 6.04 Å². The summed E-state index contributed by atoms with van der Waals surface area (Å²) < 4.78 is 0. The summed E-state index contributed by atoms with van der Waals surface area (Å²) in [6, 6.07) is 6.84. The van der Waals surface area contributed by atoms with E-state index in [0.717, 1.165) is 5.56 Å². The number of nitrogens with one attached hydrogen (secondary N) is 1. The molecule has 5 heteroatoms. The maximum absolute atomic E-state index is 12.1. The van der Waals surface area contributed by atoms with Crippen LogP contribution in [0.3, 0.4) is 0 Å². The molecule has 1 N–H and O–H groups in total. The standard InChI is InChI=1S/C16H23ClN2O2/c1-5-15(20)19(12(4)16(21)18-11(2)3)10-13-6-8-14(17)9-7-13/h6-9,11-12H,5,10H2,1-4H3,(H,18,21)/t12-/m0/s1. The van der Waals surface area contributed by atoms with Crippen LogP contribution in [0.15, 0.2) is 24.3 Å². The molecule has 0 radical (unpaired) electrons. The summed E-state index contributed by atoms with van der Waals surface area (Å²) in [5, 5.41) is 3.49. The molecule has 0 spiro atoms. The molecule has 0 aliphatic rings. The zero-order valence-corrected chi connectivity index (χ0v) is 13.8. The third-order valence-corrected chi connectivity index (χ3v) is 3.42. The Balaban J connectivity index is 2.87. The molecule has 0 bridgehead atoms. The van der Waals surface area contributed by atoms with Crippen LogP contribution in [0.2, 0.25) is 5.02 Å². The van der Waals surface area contributed by atoms with Gasteiger partial charge >= 0.3 is 0 Å². The van der Waals surface area contributed by atoms with Gasteiger partial charge in [0.25, 0.3) is 0 Å². The molecule has 0 aliphatic heterocycles. The lowest BCUT2D eigenvalue weighted by molar-refractivity contribution is -0.140. The maximum atomic E-state index is 12.1. The second kappa shape index (κ2) is 8.03. The molecule has 116 valence electrons. The number of hydrogen-bond acceptors (Lipinski definition) is 2. The molecule has 0 saturated heterocycles. The number of hydrogen-bond donors (Lipinski definition) is 1. The van der Waals surface area contributed by atoms with Crippen LogP contribution < -0.4 is 5.32 Å². The largest absolute Gasteiger partial charge is 0.352 e. The Morgan fingerprint density at radius 2 is 1.76 bits per heavy atom. The first kappa shape index (κ1) is 17.5. The van der Waals surface area contributed by atoms with E-state index in [0.29, 0.717) is 18.0 Å². The Morgan fingerprint density at radius 3 is 2.24 bits per heavy atom. The highest BCUT2D eigenvalue weighted by Crippen LogP contribution is 2.14. The molecule has 0 saturated carbocycles. The fraction of sp³-hybridized carbons (Fsp3) is 0.500. The molecule has 1 rings (SSSR count). The Kier molecular flexibility index (Phi) is 6.69. The molecule has 4 nitrogen and oxygen atoms in total. The average molecular weight is 311 g/mol. The van der Waals surface area contributed by atoms with Gasteiger partial charge < -0.3 is 10.2 Å². The van der Waals surface area contributed by atoms with Crippen molar-refractivity contribution >= 4 is 23.4 Å². The van der Waals surface area contributed by atoms with E-state index in [-0.39, 0.29) is 17.9 Å². The highest BCUT2D eigenvalue weighted by molar-refractivity contribution is 6.30. The van der Waals surface area contributed by atoms with Crippen LogP contribution in [0.5, 0.6) is 0 Å². The van der Waals surface area contributed by atoms with E-state index in [1.807, 2.05) is 26.0 Å². The first-order valence-electron chi connectivity index (χ1n) is 7.19. The monoisotopic (exact) mass is 310 g/mol. The quantitative estimate of drug-likeness (QED) is 0.878. The zero-order valence-electron chi connectivity index (χ0n) is 13.0. The number of nitrogens with zero attached hydrogens (tertiary/aromatic N) is 1. The van der Waals surface area contributed by atoms with E-state index in [4.69, 9.17) is 11.6 Å². The minimum Gasteiger partial charge on any atom is -0.352 e. The summed E-state index contributed by atoms with van der Waals surface area (Å²) in [4.78, 5) is 25.9. The van der Waals surface area contributed by atoms with Crippen molar-refractivity contribution in [2.75, 3.05) is 0 Å². The summed E-state index contributed by atoms with van der Waals surface area (Å²) in [5.41, 5.74) is 0.949. The molecule has 0 heterocycles. The molecule has 1 aromatic carbocycles. The lowest BCUT2D eigenvalue weighted by Gasteiger charge is -2.29. The number of rotatable bonds is 6. The van der Waals surface area contributed by atoms with Crippen molar-refractivity contribution in [3.05, 3.63) is 34.9 Å². The van der Waals surface area contributed by atoms with Crippen LogP contribution in [-0.4, -0.2) is 28.8 Å². The Labute approximate surface area is 131 Å². The van der Waals surface area contributed by atoms with Crippen LogP contribution in [0.25, 0.3) is 0 Å². The SMILES string of the molecule is CCC(=O)N(Cc1ccc(Cl)cc1)[C@@H](C)C(=O)NC(C)C. The van der Waals surface area contributed by atoms with E-state index in [1.165, 1.54) is 0 Å². The summed E-state index contributed by atoms with van der Waals surface area (Å²) >= 11 is 5.86. The van der Waals surface area contributed by atoms with Gasteiger partial charge in [0.05, 0.1) is 0 Å². The van der Waals surface area contributed by atoms with Crippen LogP contribution in [0, 0.1) is 0 Å². The summed E-state index contributed by atoms with van der Waals surface area (Å²) in [5.74, 6) is -0.183. The van der Waals surface area contributed by atoms with Gasteiger partial charge in [0.15, 0.2) is 0 Å². The van der Waals surface area contributed by atoms with Gasteiger partial charge in [-0.05, 0) is 38.5 Å². The fourth-order valence-corrected chi connectivity index (χ4v) is 2.10. The van der Waals surface area contributed by atoms with Gasteiger partial charge in [-0.25, -0.2) is 0 Å². The molecule has 1 aromatic rings. The van der Waals surface area contributed by atoms with Gasteiger partial charge in [-0.1, -0.05) is 30.7 Å². The Hall–Kier alpha value is -1.55. The van der Waals surface area contributed by atoms with Gasteiger partial charge in [-0.3, -0.25) is 9.59 Å². The van der Waals surface area contributed by atoms with Crippen molar-refractivity contribution in [2.45, 2.75) is 52.7 Å². The minimum atomic E-state index is -0.504. The summed E-state index contributed by atoms with van der Waals surface area (Å²) in [7, 11) is 0. The first-order chi connectivity index (χ1) is 9.85. The molecular formula is C16H23ClN2O2. The van der Waals surface area contributed by atoms with Crippen LogP contribution in [0.4, 0.5) is 0 Å². The van der Waals surface area contributed by atoms with Crippen molar-refractivity contribution in [1.82, 2.24) is 10.2 Å². The lowest BCUT2D eigenvalue weighted by atomic mass is 10.1. The molecule has 21 heavy (non-hydrogen) atoms. The minimum absolute atomic E-state index is 0.0450. The highest BCUT2D eigenvalue weighted by Gasteiger charge is 2.25. The van der Waals surface area contributed by atoms with E-state index in [9.17, 15) is 9.59 Å². The summed E-state index contributed by atoms with van der Waals surface area (Å²) in [6.07, 6.45) is 0.368. The van der Waals surface area contributed by atoms with Gasteiger partial charge in [-0.15, -0.1) is 0 Å². The number of halogens is 1. The zero-order chi connectivity index (χ0) is 16.0. The predicted molar refractivity (Wildman–Crippen MR) is 85.0 cm³/mol. The van der Waals surface area contributed by atoms with Crippen molar-refractivity contribution in [1.29, 1.82) is 0 Å². The highest BCUT2D eigenvalue weighted by atomic mass is 35.5. The molecule has 0 unspecified atom stereocenters. The van der Waals surface area contributed by atoms with E-state index >= 15 is 0 Å². The normalized spacial score (nSPS) is 12.1. The average Bonchev–Trinajstić information content (AvgIpc) is 2.44. The van der Waals surface area contributed by atoms with E-state index in [2.05, 4.69) is 5.32 Å². The van der Waals surface area contributed by atoms with Crippen molar-refractivity contribution in [3.63, 3.8) is 0 Å². The van der Waals surface area contributed by atoms with Crippen molar-refractivity contribution in [2.24, 2.45) is 0 Å². The van der Waals surface area contributed by atoms with Crippen LogP contribution in [-0.2, 0) is 16.1 Å². The number of benzene rings is 1. The van der Waals surface area contributed by atoms with Gasteiger partial charge in [0, 0.05) is 24.0 Å². The molecular weight excluding hydrogens is 288 g/mol. The molecule has 1 atom stereocenters. The smallest absolute Gasteiger partial charge is 0.242 e. The topological polar surface area (TPSA) is 49.4 Å². The lowest BCUT2D eigenvalue weighted by Crippen LogP contribution is -2.48. The predicted octanol–water partition coefficient (Wildman–Crippen LogP) is 2.99. The third kappa shape index (κ3) is 5.38. The van der Waals surface area contributed by atoms with Crippen LogP contribution >= 0.6 is 11.6 Å². The van der Waals surface area contributed by atoms with Crippen molar-refractivity contribution < 1.29 is 9.59 Å². The van der Waals surface area contributed by atoms with E-state index < -0.39 is 6.04 Å². The molecule has 0 aromatic heterocycles. The molecule has 0 fully saturated rings. The Morgan fingerprint density at radius 1 is 1.19 bits per heavy atom. The third-order valence-electron chi connectivity index (χ3n) is 3.17. The number of carbonyl (C=O) groups is 2. The maximum Gasteiger partial charge on any atom is 0.242 e. The number of amides is 2. The first-order valence-corrected chi connectivity index (χ1v) is 7.57. The van der Waals surface area contributed by atoms with Gasteiger partial charge in [0.2, 0.25) is 11.8 Å². The summed E-state index contributed by atoms with van der Waals surface area (Å²) in [6.45, 7) is 7.74. The second-order valence-corrected chi connectivity index (χ2v) is 5.78.